The van der Waals surface area contributed by atoms with E-state index < -0.39 is 32.2 Å². The van der Waals surface area contributed by atoms with E-state index >= 15 is 0 Å². The predicted molar refractivity (Wildman–Crippen MR) is 77.1 cm³/mol. The summed E-state index contributed by atoms with van der Waals surface area (Å²) in [6.07, 6.45) is 0.358. The molecule has 1 aliphatic heterocycles. The van der Waals surface area contributed by atoms with Gasteiger partial charge < -0.3 is 30.1 Å². The summed E-state index contributed by atoms with van der Waals surface area (Å²) in [5, 5.41) is 10.4. The van der Waals surface area contributed by atoms with E-state index in [0.29, 0.717) is 11.2 Å². The molecule has 3 heterocycles. The number of aliphatic hydroxyl groups excluding tert-OH is 1. The molecule has 1 saturated heterocycles. The number of aromatic nitrogens is 4. The number of anilines is 1. The van der Waals surface area contributed by atoms with Crippen LogP contribution in [0.2, 0.25) is 0 Å². The molecule has 0 aromatic carbocycles. The first kappa shape index (κ1) is 16.2. The van der Waals surface area contributed by atoms with Gasteiger partial charge >= 0.3 is 7.60 Å². The van der Waals surface area contributed by atoms with Gasteiger partial charge in [-0.05, 0) is 0 Å². The van der Waals surface area contributed by atoms with Crippen LogP contribution in [-0.2, 0) is 14.0 Å². The SMILES string of the molecule is Nc1ncnc2c1ncn2[C@@H]1OC[C@H](COCP(=O)(O)O)[C@H]1O. The highest BCUT2D eigenvalue weighted by Crippen LogP contribution is 2.35. The van der Waals surface area contributed by atoms with Crippen LogP contribution in [0.3, 0.4) is 0 Å². The van der Waals surface area contributed by atoms with Crippen molar-refractivity contribution in [3.05, 3.63) is 12.7 Å². The molecule has 3 rings (SSSR count). The van der Waals surface area contributed by atoms with Gasteiger partial charge in [-0.1, -0.05) is 0 Å². The van der Waals surface area contributed by atoms with Gasteiger partial charge in [0.05, 0.1) is 19.5 Å². The van der Waals surface area contributed by atoms with Crippen LogP contribution < -0.4 is 5.73 Å². The second-order valence-corrected chi connectivity index (χ2v) is 6.81. The Morgan fingerprint density at radius 2 is 2.22 bits per heavy atom. The van der Waals surface area contributed by atoms with Crippen molar-refractivity contribution in [2.24, 2.45) is 5.92 Å². The highest BCUT2D eigenvalue weighted by atomic mass is 31.2. The first-order valence-electron chi connectivity index (χ1n) is 6.72. The van der Waals surface area contributed by atoms with Gasteiger partial charge in [0, 0.05) is 5.92 Å². The molecule has 0 aliphatic carbocycles. The van der Waals surface area contributed by atoms with E-state index in [4.69, 9.17) is 25.0 Å². The van der Waals surface area contributed by atoms with E-state index in [9.17, 15) is 9.67 Å². The number of ether oxygens (including phenoxy) is 2. The number of rotatable bonds is 5. The second-order valence-electron chi connectivity index (χ2n) is 5.22. The van der Waals surface area contributed by atoms with E-state index in [1.54, 1.807) is 4.57 Å². The number of imidazole rings is 1. The fraction of sp³-hybridized carbons (Fsp3) is 0.545. The molecule has 1 fully saturated rings. The first-order chi connectivity index (χ1) is 10.9. The summed E-state index contributed by atoms with van der Waals surface area (Å²) in [6.45, 7) is 0.139. The van der Waals surface area contributed by atoms with E-state index in [-0.39, 0.29) is 19.0 Å². The van der Waals surface area contributed by atoms with Gasteiger partial charge in [0.15, 0.2) is 17.7 Å². The zero-order valence-corrected chi connectivity index (χ0v) is 12.8. The molecule has 0 amide bonds. The Labute approximate surface area is 130 Å². The number of hydrogen-bond acceptors (Lipinski definition) is 8. The fourth-order valence-corrected chi connectivity index (χ4v) is 2.77. The van der Waals surface area contributed by atoms with Crippen LogP contribution in [0.4, 0.5) is 5.82 Å². The molecule has 0 saturated carbocycles. The minimum absolute atomic E-state index is 0.0352. The molecular formula is C11H16N5O6P. The lowest BCUT2D eigenvalue weighted by Crippen LogP contribution is -2.27. The Balaban J connectivity index is 1.72. The summed E-state index contributed by atoms with van der Waals surface area (Å²) in [5.41, 5.74) is 6.55. The van der Waals surface area contributed by atoms with Crippen LogP contribution in [0.1, 0.15) is 6.23 Å². The van der Waals surface area contributed by atoms with E-state index in [0.717, 1.165) is 0 Å². The Bertz CT molecular complexity index is 748. The van der Waals surface area contributed by atoms with Crippen LogP contribution in [0.25, 0.3) is 11.2 Å². The fourth-order valence-electron chi connectivity index (χ4n) is 2.42. The van der Waals surface area contributed by atoms with Crippen LogP contribution >= 0.6 is 7.60 Å². The molecular weight excluding hydrogens is 329 g/mol. The van der Waals surface area contributed by atoms with Crippen LogP contribution in [0, 0.1) is 5.92 Å². The molecule has 0 spiro atoms. The molecule has 0 radical (unpaired) electrons. The van der Waals surface area contributed by atoms with E-state index in [2.05, 4.69) is 15.0 Å². The molecule has 1 aliphatic rings. The van der Waals surface area contributed by atoms with Crippen molar-refractivity contribution in [1.29, 1.82) is 0 Å². The molecule has 23 heavy (non-hydrogen) atoms. The molecule has 2 aromatic heterocycles. The Kier molecular flexibility index (Phi) is 4.32. The smallest absolute Gasteiger partial charge is 0.350 e. The third-order valence-electron chi connectivity index (χ3n) is 3.51. The summed E-state index contributed by atoms with van der Waals surface area (Å²) in [7, 11) is -4.23. The quantitative estimate of drug-likeness (QED) is 0.497. The molecule has 3 atom stereocenters. The van der Waals surface area contributed by atoms with Crippen molar-refractivity contribution in [2.75, 3.05) is 25.3 Å². The van der Waals surface area contributed by atoms with Crippen molar-refractivity contribution < 1.29 is 28.9 Å². The molecule has 0 bridgehead atoms. The lowest BCUT2D eigenvalue weighted by molar-refractivity contribution is -0.0126. The Morgan fingerprint density at radius 3 is 2.96 bits per heavy atom. The summed E-state index contributed by atoms with van der Waals surface area (Å²) in [5.74, 6) is -0.203. The standard InChI is InChI=1S/C11H16N5O6P/c12-9-7-10(14-3-13-9)16(4-15-7)11-8(17)6(2-22-11)1-21-5-23(18,19)20/h3-4,6,8,11,17H,1-2,5H2,(H2,12,13,14)(H2,18,19,20)/t6-,8+,11+/m0/s1. The number of fused-ring (bicyclic) bond motifs is 1. The summed E-state index contributed by atoms with van der Waals surface area (Å²) >= 11 is 0. The molecule has 11 nitrogen and oxygen atoms in total. The summed E-state index contributed by atoms with van der Waals surface area (Å²) in [4.78, 5) is 29.5. The van der Waals surface area contributed by atoms with Crippen LogP contribution in [0.5, 0.6) is 0 Å². The Morgan fingerprint density at radius 1 is 1.43 bits per heavy atom. The van der Waals surface area contributed by atoms with Crippen molar-refractivity contribution in [2.45, 2.75) is 12.3 Å². The van der Waals surface area contributed by atoms with Gasteiger partial charge in [-0.3, -0.25) is 9.13 Å². The number of nitrogens with zero attached hydrogens (tertiary/aromatic N) is 4. The largest absolute Gasteiger partial charge is 0.388 e. The Hall–Kier alpha value is -1.62. The third-order valence-corrected chi connectivity index (χ3v) is 4.03. The second kappa shape index (κ2) is 6.11. The van der Waals surface area contributed by atoms with E-state index in [1.807, 2.05) is 0 Å². The number of nitrogens with two attached hydrogens (primary N) is 1. The van der Waals surface area contributed by atoms with Gasteiger partial charge in [-0.25, -0.2) is 15.0 Å². The molecule has 12 heteroatoms. The lowest BCUT2D eigenvalue weighted by atomic mass is 10.1. The maximum Gasteiger partial charge on any atom is 0.350 e. The van der Waals surface area contributed by atoms with Crippen molar-refractivity contribution in [1.82, 2.24) is 19.5 Å². The van der Waals surface area contributed by atoms with Crippen LogP contribution in [-0.4, -0.2) is 60.1 Å². The number of nitrogen functional groups attached to an aromatic ring is 1. The highest BCUT2D eigenvalue weighted by molar-refractivity contribution is 7.51. The monoisotopic (exact) mass is 345 g/mol. The van der Waals surface area contributed by atoms with Crippen LogP contribution in [0.15, 0.2) is 12.7 Å². The van der Waals surface area contributed by atoms with E-state index in [1.165, 1.54) is 12.7 Å². The maximum absolute atomic E-state index is 10.8. The molecule has 2 aromatic rings. The molecule has 5 N–H and O–H groups in total. The molecule has 126 valence electrons. The minimum atomic E-state index is -4.23. The predicted octanol–water partition coefficient (Wildman–Crippen LogP) is -0.934. The van der Waals surface area contributed by atoms with Gasteiger partial charge in [0.2, 0.25) is 0 Å². The normalized spacial score (nSPS) is 25.3. The number of aliphatic hydroxyl groups is 1. The zero-order valence-electron chi connectivity index (χ0n) is 11.9. The summed E-state index contributed by atoms with van der Waals surface area (Å²) < 4.78 is 22.8. The van der Waals surface area contributed by atoms with Gasteiger partial charge in [-0.15, -0.1) is 0 Å². The topological polar surface area (TPSA) is 166 Å². The van der Waals surface area contributed by atoms with Gasteiger partial charge in [0.1, 0.15) is 24.3 Å². The maximum atomic E-state index is 10.8. The zero-order chi connectivity index (χ0) is 16.6. The first-order valence-corrected chi connectivity index (χ1v) is 8.51. The van der Waals surface area contributed by atoms with Gasteiger partial charge in [0.25, 0.3) is 0 Å². The minimum Gasteiger partial charge on any atom is -0.388 e. The average Bonchev–Trinajstić information content (AvgIpc) is 3.03. The lowest BCUT2D eigenvalue weighted by Gasteiger charge is -2.18. The molecule has 0 unspecified atom stereocenters. The summed E-state index contributed by atoms with van der Waals surface area (Å²) in [6, 6.07) is 0. The average molecular weight is 345 g/mol. The highest BCUT2D eigenvalue weighted by Gasteiger charge is 2.38. The van der Waals surface area contributed by atoms with Gasteiger partial charge in [-0.2, -0.15) is 0 Å². The van der Waals surface area contributed by atoms with Crippen molar-refractivity contribution in [3.63, 3.8) is 0 Å². The third kappa shape index (κ3) is 3.34. The van der Waals surface area contributed by atoms with Crippen molar-refractivity contribution >= 4 is 24.6 Å². The number of hydrogen-bond donors (Lipinski definition) is 4. The van der Waals surface area contributed by atoms with Crippen molar-refractivity contribution in [3.8, 4) is 0 Å².